The largest absolute Gasteiger partial charge is 0.424 e. The normalized spacial score (nSPS) is 15.8. The van der Waals surface area contributed by atoms with Gasteiger partial charge in [0, 0.05) is 5.92 Å². The van der Waals surface area contributed by atoms with E-state index in [0.717, 1.165) is 18.4 Å². The molecule has 6 heteroatoms. The van der Waals surface area contributed by atoms with Gasteiger partial charge in [-0.25, -0.2) is 8.42 Å². The fourth-order valence-corrected chi connectivity index (χ4v) is 3.71. The SMILES string of the molecule is CC(C)(C)c1ccc(CS(=O)(=O)Cc2nnc(C3CC3)o2)cc1. The molecule has 0 bridgehead atoms. The summed E-state index contributed by atoms with van der Waals surface area (Å²) in [5.74, 6) is 0.888. The first kappa shape index (κ1) is 16.2. The van der Waals surface area contributed by atoms with Gasteiger partial charge in [-0.2, -0.15) is 0 Å². The molecule has 0 amide bonds. The van der Waals surface area contributed by atoms with Crippen molar-refractivity contribution in [3.05, 3.63) is 47.2 Å². The van der Waals surface area contributed by atoms with Crippen LogP contribution in [-0.4, -0.2) is 18.6 Å². The first-order valence-corrected chi connectivity index (χ1v) is 9.67. The number of sulfone groups is 1. The molecule has 124 valence electrons. The zero-order valence-electron chi connectivity index (χ0n) is 13.7. The second-order valence-electron chi connectivity index (χ2n) is 7.29. The summed E-state index contributed by atoms with van der Waals surface area (Å²) in [6, 6.07) is 7.73. The van der Waals surface area contributed by atoms with E-state index in [0.29, 0.717) is 11.8 Å². The summed E-state index contributed by atoms with van der Waals surface area (Å²) in [6.07, 6.45) is 2.10. The molecule has 1 heterocycles. The standard InChI is InChI=1S/C17H22N2O3S/c1-17(2,3)14-8-4-12(5-9-14)10-23(20,21)11-15-18-19-16(22-15)13-6-7-13/h4-5,8-9,13H,6-7,10-11H2,1-3H3. The fourth-order valence-electron chi connectivity index (χ4n) is 2.41. The molecule has 0 unspecified atom stereocenters. The molecule has 0 atom stereocenters. The molecule has 1 aliphatic rings. The van der Waals surface area contributed by atoms with Crippen molar-refractivity contribution in [2.45, 2.75) is 56.5 Å². The average molecular weight is 334 g/mol. The van der Waals surface area contributed by atoms with Gasteiger partial charge < -0.3 is 4.42 Å². The highest BCUT2D eigenvalue weighted by atomic mass is 32.2. The number of rotatable bonds is 5. The third kappa shape index (κ3) is 4.19. The van der Waals surface area contributed by atoms with Crippen LogP contribution in [0.1, 0.15) is 62.4 Å². The van der Waals surface area contributed by atoms with Crippen molar-refractivity contribution < 1.29 is 12.8 Å². The third-order valence-corrected chi connectivity index (χ3v) is 5.42. The van der Waals surface area contributed by atoms with E-state index < -0.39 is 9.84 Å². The van der Waals surface area contributed by atoms with Crippen molar-refractivity contribution >= 4 is 9.84 Å². The summed E-state index contributed by atoms with van der Waals surface area (Å²) in [7, 11) is -3.32. The predicted octanol–water partition coefficient (Wildman–Crippen LogP) is 3.36. The lowest BCUT2D eigenvalue weighted by molar-refractivity contribution is 0.462. The van der Waals surface area contributed by atoms with Gasteiger partial charge in [0.2, 0.25) is 11.8 Å². The van der Waals surface area contributed by atoms with Gasteiger partial charge in [0.25, 0.3) is 0 Å². The van der Waals surface area contributed by atoms with Crippen LogP contribution in [0, 0.1) is 0 Å². The Morgan fingerprint density at radius 2 is 1.74 bits per heavy atom. The van der Waals surface area contributed by atoms with Gasteiger partial charge in [0.1, 0.15) is 5.75 Å². The lowest BCUT2D eigenvalue weighted by atomic mass is 9.87. The van der Waals surface area contributed by atoms with Crippen LogP contribution in [0.3, 0.4) is 0 Å². The first-order chi connectivity index (χ1) is 10.7. The van der Waals surface area contributed by atoms with Gasteiger partial charge in [-0.05, 0) is 29.4 Å². The second kappa shape index (κ2) is 5.74. The van der Waals surface area contributed by atoms with Crippen LogP contribution in [0.4, 0.5) is 0 Å². The predicted molar refractivity (Wildman–Crippen MR) is 87.7 cm³/mol. The van der Waals surface area contributed by atoms with Crippen LogP contribution in [0.15, 0.2) is 28.7 Å². The Morgan fingerprint density at radius 1 is 1.09 bits per heavy atom. The number of aromatic nitrogens is 2. The van der Waals surface area contributed by atoms with Crippen LogP contribution in [0.5, 0.6) is 0 Å². The van der Waals surface area contributed by atoms with Gasteiger partial charge in [-0.15, -0.1) is 10.2 Å². The molecule has 3 rings (SSSR count). The molecule has 1 saturated carbocycles. The minimum Gasteiger partial charge on any atom is -0.424 e. The van der Waals surface area contributed by atoms with E-state index in [-0.39, 0.29) is 22.8 Å². The Balaban J connectivity index is 1.67. The molecule has 2 aromatic rings. The maximum atomic E-state index is 12.3. The molecule has 23 heavy (non-hydrogen) atoms. The van der Waals surface area contributed by atoms with Crippen molar-refractivity contribution in [1.82, 2.24) is 10.2 Å². The number of benzene rings is 1. The molecule has 0 saturated heterocycles. The zero-order valence-corrected chi connectivity index (χ0v) is 14.6. The molecule has 1 aromatic carbocycles. The highest BCUT2D eigenvalue weighted by molar-refractivity contribution is 7.89. The highest BCUT2D eigenvalue weighted by Crippen LogP contribution is 2.39. The minimum absolute atomic E-state index is 0.0153. The van der Waals surface area contributed by atoms with Crippen molar-refractivity contribution in [2.24, 2.45) is 0 Å². The van der Waals surface area contributed by atoms with Gasteiger partial charge in [0.05, 0.1) is 5.75 Å². The fraction of sp³-hybridized carbons (Fsp3) is 0.529. The smallest absolute Gasteiger partial charge is 0.231 e. The monoisotopic (exact) mass is 334 g/mol. The minimum atomic E-state index is -3.32. The molecule has 1 fully saturated rings. The quantitative estimate of drug-likeness (QED) is 0.838. The summed E-state index contributed by atoms with van der Waals surface area (Å²) < 4.78 is 30.1. The zero-order chi connectivity index (χ0) is 16.7. The van der Waals surface area contributed by atoms with Gasteiger partial charge >= 0.3 is 0 Å². The number of hydrogen-bond acceptors (Lipinski definition) is 5. The summed E-state index contributed by atoms with van der Waals surface area (Å²) in [5.41, 5.74) is 2.02. The topological polar surface area (TPSA) is 73.1 Å². The maximum absolute atomic E-state index is 12.3. The van der Waals surface area contributed by atoms with Gasteiger partial charge in [-0.1, -0.05) is 45.0 Å². The molecule has 1 aliphatic carbocycles. The number of nitrogens with zero attached hydrogens (tertiary/aromatic N) is 2. The van der Waals surface area contributed by atoms with Crippen LogP contribution < -0.4 is 0 Å². The Morgan fingerprint density at radius 3 is 2.30 bits per heavy atom. The molecule has 0 N–H and O–H groups in total. The Bertz CT molecular complexity index is 782. The van der Waals surface area contributed by atoms with Crippen molar-refractivity contribution in [2.75, 3.05) is 0 Å². The summed E-state index contributed by atoms with van der Waals surface area (Å²) in [6.45, 7) is 6.39. The van der Waals surface area contributed by atoms with Crippen molar-refractivity contribution in [3.63, 3.8) is 0 Å². The molecule has 0 spiro atoms. The molecule has 0 aliphatic heterocycles. The number of hydrogen-bond donors (Lipinski definition) is 0. The van der Waals surface area contributed by atoms with Gasteiger partial charge in [0.15, 0.2) is 9.84 Å². The van der Waals surface area contributed by atoms with E-state index in [4.69, 9.17) is 4.42 Å². The third-order valence-electron chi connectivity index (χ3n) is 3.96. The van der Waals surface area contributed by atoms with E-state index in [2.05, 4.69) is 31.0 Å². The molecule has 0 radical (unpaired) electrons. The van der Waals surface area contributed by atoms with E-state index in [9.17, 15) is 8.42 Å². The molecular weight excluding hydrogens is 312 g/mol. The molecule has 1 aromatic heterocycles. The average Bonchev–Trinajstić information content (AvgIpc) is 3.19. The Labute approximate surface area is 137 Å². The first-order valence-electron chi connectivity index (χ1n) is 7.85. The Kier molecular flexibility index (Phi) is 4.04. The van der Waals surface area contributed by atoms with Crippen molar-refractivity contribution in [1.29, 1.82) is 0 Å². The second-order valence-corrected chi connectivity index (χ2v) is 9.35. The summed E-state index contributed by atoms with van der Waals surface area (Å²) in [5, 5.41) is 7.78. The van der Waals surface area contributed by atoms with E-state index in [1.807, 2.05) is 24.3 Å². The Hall–Kier alpha value is -1.69. The van der Waals surface area contributed by atoms with Gasteiger partial charge in [-0.3, -0.25) is 0 Å². The summed E-state index contributed by atoms with van der Waals surface area (Å²) >= 11 is 0. The molecular formula is C17H22N2O3S. The lowest BCUT2D eigenvalue weighted by Crippen LogP contribution is -2.12. The van der Waals surface area contributed by atoms with Crippen LogP contribution in [-0.2, 0) is 26.8 Å². The van der Waals surface area contributed by atoms with Crippen LogP contribution in [0.2, 0.25) is 0 Å². The van der Waals surface area contributed by atoms with Crippen molar-refractivity contribution in [3.8, 4) is 0 Å². The molecule has 5 nitrogen and oxygen atoms in total. The highest BCUT2D eigenvalue weighted by Gasteiger charge is 2.30. The maximum Gasteiger partial charge on any atom is 0.231 e. The van der Waals surface area contributed by atoms with Crippen LogP contribution >= 0.6 is 0 Å². The van der Waals surface area contributed by atoms with E-state index in [1.165, 1.54) is 5.56 Å². The lowest BCUT2D eigenvalue weighted by Gasteiger charge is -2.19. The van der Waals surface area contributed by atoms with Crippen LogP contribution in [0.25, 0.3) is 0 Å². The van der Waals surface area contributed by atoms with E-state index >= 15 is 0 Å². The summed E-state index contributed by atoms with van der Waals surface area (Å²) in [4.78, 5) is 0. The van der Waals surface area contributed by atoms with E-state index in [1.54, 1.807) is 0 Å².